The molecule has 0 amide bonds. The highest BCUT2D eigenvalue weighted by Gasteiger charge is 2.40. The largest absolute Gasteiger partial charge is 0.297 e. The first-order chi connectivity index (χ1) is 17.6. The van der Waals surface area contributed by atoms with Gasteiger partial charge in [-0.15, -0.1) is 11.3 Å². The van der Waals surface area contributed by atoms with Crippen LogP contribution in [0.15, 0.2) is 106 Å². The van der Waals surface area contributed by atoms with E-state index in [9.17, 15) is 21.6 Å². The molecule has 4 aromatic rings. The molecule has 0 bridgehead atoms. The van der Waals surface area contributed by atoms with E-state index in [0.717, 1.165) is 22.5 Å². The Morgan fingerprint density at radius 2 is 1.19 bits per heavy atom. The molecule has 1 aromatic heterocycles. The average Bonchev–Trinajstić information content (AvgIpc) is 3.42. The first-order valence-corrected chi connectivity index (χ1v) is 14.9. The van der Waals surface area contributed by atoms with Crippen molar-refractivity contribution in [3.8, 4) is 0 Å². The number of hydrogen-bond acceptors (Lipinski definition) is 8. The summed E-state index contributed by atoms with van der Waals surface area (Å²) in [6, 6.07) is 23.0. The Hall–Kier alpha value is -3.15. The molecule has 0 N–H and O–H groups in total. The van der Waals surface area contributed by atoms with Gasteiger partial charge in [0.05, 0.1) is 9.79 Å². The van der Waals surface area contributed by atoms with Gasteiger partial charge in [0, 0.05) is 10.4 Å². The molecule has 1 heterocycles. The van der Waals surface area contributed by atoms with Crippen molar-refractivity contribution >= 4 is 37.4 Å². The van der Waals surface area contributed by atoms with Crippen molar-refractivity contribution in [2.45, 2.75) is 35.8 Å². The third kappa shape index (κ3) is 6.41. The molecule has 7 nitrogen and oxygen atoms in total. The maximum atomic E-state index is 13.7. The topological polar surface area (TPSA) is 104 Å². The number of thiophene rings is 1. The molecule has 192 valence electrons. The van der Waals surface area contributed by atoms with Crippen LogP contribution in [0.25, 0.3) is 0 Å². The Morgan fingerprint density at radius 1 is 0.676 bits per heavy atom. The lowest BCUT2D eigenvalue weighted by Gasteiger charge is -2.25. The van der Waals surface area contributed by atoms with Crippen LogP contribution in [0, 0.1) is 13.8 Å². The van der Waals surface area contributed by atoms with Crippen LogP contribution in [0.1, 0.15) is 32.5 Å². The third-order valence-electron chi connectivity index (χ3n) is 5.50. The highest BCUT2D eigenvalue weighted by Crippen LogP contribution is 2.35. The van der Waals surface area contributed by atoms with Gasteiger partial charge in [0.2, 0.25) is 0 Å². The summed E-state index contributed by atoms with van der Waals surface area (Å²) in [6.07, 6.45) is -3.40. The van der Waals surface area contributed by atoms with Gasteiger partial charge in [-0.2, -0.15) is 16.8 Å². The van der Waals surface area contributed by atoms with E-state index < -0.39 is 38.2 Å². The average molecular weight is 557 g/mol. The lowest BCUT2D eigenvalue weighted by atomic mass is 10.0. The maximum absolute atomic E-state index is 13.7. The second-order valence-electron chi connectivity index (χ2n) is 8.31. The van der Waals surface area contributed by atoms with Gasteiger partial charge < -0.3 is 0 Å². The fourth-order valence-corrected chi connectivity index (χ4v) is 6.43. The number of Topliss-reactive ketones (excluding diaryl/α,β-unsaturated/α-hetero) is 1. The molecular formula is C27H24O7S3. The predicted molar refractivity (Wildman–Crippen MR) is 141 cm³/mol. The Morgan fingerprint density at radius 3 is 1.68 bits per heavy atom. The summed E-state index contributed by atoms with van der Waals surface area (Å²) in [7, 11) is -8.89. The van der Waals surface area contributed by atoms with E-state index in [1.807, 2.05) is 6.92 Å². The fraction of sp³-hybridized carbons (Fsp3) is 0.148. The summed E-state index contributed by atoms with van der Waals surface area (Å²) < 4.78 is 64.1. The summed E-state index contributed by atoms with van der Waals surface area (Å²) in [5.41, 5.74) is 1.82. The molecular weight excluding hydrogens is 532 g/mol. The van der Waals surface area contributed by atoms with E-state index in [-0.39, 0.29) is 15.4 Å². The minimum atomic E-state index is -4.48. The quantitative estimate of drug-likeness (QED) is 0.188. The summed E-state index contributed by atoms with van der Waals surface area (Å²) in [5.74, 6) is -0.742. The smallest absolute Gasteiger partial charge is 0.291 e. The summed E-state index contributed by atoms with van der Waals surface area (Å²) in [6.45, 7) is 3.61. The number of aryl methyl sites for hydroxylation is 2. The maximum Gasteiger partial charge on any atom is 0.297 e. The van der Waals surface area contributed by atoms with Crippen molar-refractivity contribution in [1.82, 2.24) is 0 Å². The summed E-state index contributed by atoms with van der Waals surface area (Å²) in [4.78, 5) is 13.7. The number of carbonyl (C=O) groups excluding carboxylic acids is 1. The fourth-order valence-electron chi connectivity index (χ4n) is 3.49. The first kappa shape index (κ1) is 26.9. The predicted octanol–water partition coefficient (Wildman–Crippen LogP) is 5.47. The van der Waals surface area contributed by atoms with Crippen LogP contribution in [-0.4, -0.2) is 28.7 Å². The van der Waals surface area contributed by atoms with Crippen molar-refractivity contribution in [2.75, 3.05) is 0 Å². The van der Waals surface area contributed by atoms with Crippen LogP contribution in [0.3, 0.4) is 0 Å². The number of rotatable bonds is 10. The first-order valence-electron chi connectivity index (χ1n) is 11.2. The second kappa shape index (κ2) is 11.1. The third-order valence-corrected chi connectivity index (χ3v) is 9.05. The lowest BCUT2D eigenvalue weighted by molar-refractivity contribution is 0.0471. The van der Waals surface area contributed by atoms with Crippen LogP contribution in [0.4, 0.5) is 0 Å². The van der Waals surface area contributed by atoms with Gasteiger partial charge in [-0.05, 0) is 49.6 Å². The molecule has 2 atom stereocenters. The highest BCUT2D eigenvalue weighted by molar-refractivity contribution is 7.87. The van der Waals surface area contributed by atoms with E-state index in [0.29, 0.717) is 4.88 Å². The monoisotopic (exact) mass is 556 g/mol. The summed E-state index contributed by atoms with van der Waals surface area (Å²) >= 11 is 1.12. The normalized spacial score (nSPS) is 13.7. The van der Waals surface area contributed by atoms with Gasteiger partial charge in [-0.1, -0.05) is 71.8 Å². The molecule has 4 rings (SSSR count). The minimum Gasteiger partial charge on any atom is -0.291 e. The zero-order valence-electron chi connectivity index (χ0n) is 20.0. The molecule has 0 saturated carbocycles. The van der Waals surface area contributed by atoms with Crippen LogP contribution in [0.2, 0.25) is 0 Å². The van der Waals surface area contributed by atoms with Crippen LogP contribution >= 0.6 is 11.3 Å². The van der Waals surface area contributed by atoms with Crippen molar-refractivity contribution in [3.05, 3.63) is 118 Å². The second-order valence-corrected chi connectivity index (χ2v) is 12.4. The molecule has 0 aliphatic rings. The minimum absolute atomic E-state index is 0.132. The zero-order valence-corrected chi connectivity index (χ0v) is 22.4. The van der Waals surface area contributed by atoms with E-state index in [4.69, 9.17) is 8.37 Å². The van der Waals surface area contributed by atoms with Gasteiger partial charge in [0.1, 0.15) is 6.10 Å². The van der Waals surface area contributed by atoms with E-state index in [2.05, 4.69) is 0 Å². The Bertz CT molecular complexity index is 1560. The molecule has 2 unspecified atom stereocenters. The molecule has 0 aliphatic heterocycles. The SMILES string of the molecule is Cc1ccc(S(=O)(=O)OC(C(=O)c2ccccc2)C(OS(=O)(=O)c2ccc(C)cc2)c2cccs2)cc1. The molecule has 0 radical (unpaired) electrons. The lowest BCUT2D eigenvalue weighted by Crippen LogP contribution is -2.35. The number of ketones is 1. The van der Waals surface area contributed by atoms with Crippen LogP contribution in [-0.2, 0) is 28.6 Å². The molecule has 10 heteroatoms. The molecule has 0 spiro atoms. The Balaban J connectivity index is 1.80. The van der Waals surface area contributed by atoms with Crippen molar-refractivity contribution in [3.63, 3.8) is 0 Å². The van der Waals surface area contributed by atoms with Crippen molar-refractivity contribution in [2.24, 2.45) is 0 Å². The van der Waals surface area contributed by atoms with Gasteiger partial charge in [-0.25, -0.2) is 0 Å². The van der Waals surface area contributed by atoms with Crippen LogP contribution in [0.5, 0.6) is 0 Å². The number of benzene rings is 3. The standard InChI is InChI=1S/C27H24O7S3/c1-19-10-14-22(15-11-19)36(29,30)33-26(24-9-6-18-35-24)27(25(28)21-7-4-3-5-8-21)34-37(31,32)23-16-12-20(2)13-17-23/h3-18,26-27H,1-2H3. The molecule has 0 fully saturated rings. The molecule has 3 aromatic carbocycles. The Labute approximate surface area is 220 Å². The van der Waals surface area contributed by atoms with E-state index >= 15 is 0 Å². The van der Waals surface area contributed by atoms with Gasteiger partial charge in [0.25, 0.3) is 20.2 Å². The van der Waals surface area contributed by atoms with Gasteiger partial charge >= 0.3 is 0 Å². The number of carbonyl (C=O) groups is 1. The van der Waals surface area contributed by atoms with Crippen molar-refractivity contribution in [1.29, 1.82) is 0 Å². The van der Waals surface area contributed by atoms with Crippen LogP contribution < -0.4 is 0 Å². The summed E-state index contributed by atoms with van der Waals surface area (Å²) in [5, 5.41) is 1.67. The van der Waals surface area contributed by atoms with Crippen molar-refractivity contribution < 1.29 is 30.0 Å². The Kier molecular flexibility index (Phi) is 8.05. The number of hydrogen-bond donors (Lipinski definition) is 0. The van der Waals surface area contributed by atoms with Gasteiger partial charge in [-0.3, -0.25) is 13.2 Å². The highest BCUT2D eigenvalue weighted by atomic mass is 32.2. The zero-order chi connectivity index (χ0) is 26.6. The molecule has 37 heavy (non-hydrogen) atoms. The molecule has 0 saturated heterocycles. The molecule has 0 aliphatic carbocycles. The van der Waals surface area contributed by atoms with Gasteiger partial charge in [0.15, 0.2) is 11.9 Å². The van der Waals surface area contributed by atoms with E-state index in [1.165, 1.54) is 36.4 Å². The van der Waals surface area contributed by atoms with E-state index in [1.54, 1.807) is 66.9 Å².